The van der Waals surface area contributed by atoms with Crippen LogP contribution in [0.15, 0.2) is 24.3 Å². The third-order valence-corrected chi connectivity index (χ3v) is 2.14. The van der Waals surface area contributed by atoms with E-state index in [1.807, 2.05) is 25.1 Å². The van der Waals surface area contributed by atoms with Crippen molar-refractivity contribution < 1.29 is 14.3 Å². The number of methoxy groups -OCH3 is 1. The van der Waals surface area contributed by atoms with Crippen LogP contribution in [0.4, 0.5) is 0 Å². The molecule has 0 radical (unpaired) electrons. The summed E-state index contributed by atoms with van der Waals surface area (Å²) in [5.41, 5.74) is 1.66. The number of carbonyl (C=O) groups is 1. The average Bonchev–Trinajstić information content (AvgIpc) is 2.29. The highest BCUT2D eigenvalue weighted by Gasteiger charge is 2.10. The molecule has 0 fully saturated rings. The molecule has 0 unspecified atom stereocenters. The first kappa shape index (κ1) is 11.7. The van der Waals surface area contributed by atoms with Gasteiger partial charge in [0.05, 0.1) is 12.2 Å². The van der Waals surface area contributed by atoms with Crippen LogP contribution in [0.1, 0.15) is 22.8 Å². The lowest BCUT2D eigenvalue weighted by Crippen LogP contribution is -2.11. The van der Waals surface area contributed by atoms with Crippen molar-refractivity contribution in [2.24, 2.45) is 0 Å². The molecule has 1 aromatic carbocycles. The first-order valence-corrected chi connectivity index (χ1v) is 5.03. The minimum Gasteiger partial charge on any atom is -0.460 e. The number of rotatable bonds is 5. The molecule has 0 atom stereocenters. The van der Waals surface area contributed by atoms with Crippen LogP contribution in [0.3, 0.4) is 0 Å². The summed E-state index contributed by atoms with van der Waals surface area (Å²) in [6.07, 6.45) is 0.829. The van der Waals surface area contributed by atoms with Gasteiger partial charge in [-0.05, 0) is 18.1 Å². The molecule has 0 aliphatic rings. The Balaban J connectivity index is 2.64. The normalized spacial score (nSPS) is 10.0. The van der Waals surface area contributed by atoms with Crippen molar-refractivity contribution in [2.45, 2.75) is 13.3 Å². The Morgan fingerprint density at radius 1 is 1.27 bits per heavy atom. The van der Waals surface area contributed by atoms with E-state index in [0.29, 0.717) is 18.8 Å². The average molecular weight is 208 g/mol. The molecule has 0 N–H and O–H groups in total. The summed E-state index contributed by atoms with van der Waals surface area (Å²) in [4.78, 5) is 11.6. The summed E-state index contributed by atoms with van der Waals surface area (Å²) >= 11 is 0. The van der Waals surface area contributed by atoms with Crippen molar-refractivity contribution in [3.8, 4) is 0 Å². The Hall–Kier alpha value is -1.35. The fourth-order valence-electron chi connectivity index (χ4n) is 1.32. The molecule has 0 heterocycles. The first-order chi connectivity index (χ1) is 7.29. The standard InChI is InChI=1S/C12H16O3/c1-3-10-6-4-5-7-11(10)12(13)15-9-8-14-2/h4-7H,3,8-9H2,1-2H3. The van der Waals surface area contributed by atoms with Gasteiger partial charge in [-0.1, -0.05) is 25.1 Å². The van der Waals surface area contributed by atoms with E-state index >= 15 is 0 Å². The Morgan fingerprint density at radius 3 is 2.67 bits per heavy atom. The van der Waals surface area contributed by atoms with E-state index in [1.54, 1.807) is 13.2 Å². The van der Waals surface area contributed by atoms with E-state index in [1.165, 1.54) is 0 Å². The second-order valence-corrected chi connectivity index (χ2v) is 3.14. The van der Waals surface area contributed by atoms with Gasteiger partial charge in [0.1, 0.15) is 6.61 Å². The molecule has 3 heteroatoms. The van der Waals surface area contributed by atoms with Crippen LogP contribution in [0.5, 0.6) is 0 Å². The van der Waals surface area contributed by atoms with Gasteiger partial charge in [-0.3, -0.25) is 0 Å². The number of hydrogen-bond acceptors (Lipinski definition) is 3. The molecule has 1 rings (SSSR count). The highest BCUT2D eigenvalue weighted by molar-refractivity contribution is 5.91. The molecule has 0 aliphatic heterocycles. The topological polar surface area (TPSA) is 35.5 Å². The number of ether oxygens (including phenoxy) is 2. The number of benzene rings is 1. The largest absolute Gasteiger partial charge is 0.460 e. The van der Waals surface area contributed by atoms with E-state index in [2.05, 4.69) is 0 Å². The van der Waals surface area contributed by atoms with E-state index in [4.69, 9.17) is 9.47 Å². The van der Waals surface area contributed by atoms with Gasteiger partial charge in [0.25, 0.3) is 0 Å². The summed E-state index contributed by atoms with van der Waals surface area (Å²) in [6.45, 7) is 2.74. The van der Waals surface area contributed by atoms with Crippen molar-refractivity contribution in [2.75, 3.05) is 20.3 Å². The first-order valence-electron chi connectivity index (χ1n) is 5.03. The van der Waals surface area contributed by atoms with Gasteiger partial charge in [0.15, 0.2) is 0 Å². The summed E-state index contributed by atoms with van der Waals surface area (Å²) < 4.78 is 9.85. The zero-order valence-corrected chi connectivity index (χ0v) is 9.16. The van der Waals surface area contributed by atoms with Crippen LogP contribution in [0.2, 0.25) is 0 Å². The maximum Gasteiger partial charge on any atom is 0.338 e. The highest BCUT2D eigenvalue weighted by Crippen LogP contribution is 2.10. The predicted octanol–water partition coefficient (Wildman–Crippen LogP) is 2.05. The number of hydrogen-bond donors (Lipinski definition) is 0. The fourth-order valence-corrected chi connectivity index (χ4v) is 1.32. The zero-order valence-electron chi connectivity index (χ0n) is 9.16. The van der Waals surface area contributed by atoms with Crippen molar-refractivity contribution in [1.82, 2.24) is 0 Å². The van der Waals surface area contributed by atoms with Crippen LogP contribution in [0.25, 0.3) is 0 Å². The summed E-state index contributed by atoms with van der Waals surface area (Å²) in [5, 5.41) is 0. The summed E-state index contributed by atoms with van der Waals surface area (Å²) in [7, 11) is 1.58. The lowest BCUT2D eigenvalue weighted by molar-refractivity contribution is 0.0387. The molecule has 1 aromatic rings. The molecule has 82 valence electrons. The van der Waals surface area contributed by atoms with E-state index in [-0.39, 0.29) is 5.97 Å². The lowest BCUT2D eigenvalue weighted by Gasteiger charge is -2.07. The Bertz CT molecular complexity index is 320. The molecule has 0 amide bonds. The zero-order chi connectivity index (χ0) is 11.1. The van der Waals surface area contributed by atoms with E-state index in [0.717, 1.165) is 12.0 Å². The minimum atomic E-state index is -0.274. The molecule has 0 saturated heterocycles. The van der Waals surface area contributed by atoms with Crippen molar-refractivity contribution >= 4 is 5.97 Å². The molecule has 0 spiro atoms. The maximum absolute atomic E-state index is 11.6. The smallest absolute Gasteiger partial charge is 0.338 e. The molecular weight excluding hydrogens is 192 g/mol. The van der Waals surface area contributed by atoms with Gasteiger partial charge in [-0.15, -0.1) is 0 Å². The van der Waals surface area contributed by atoms with Crippen LogP contribution < -0.4 is 0 Å². The highest BCUT2D eigenvalue weighted by atomic mass is 16.6. The van der Waals surface area contributed by atoms with Gasteiger partial charge in [0, 0.05) is 7.11 Å². The molecule has 3 nitrogen and oxygen atoms in total. The van der Waals surface area contributed by atoms with Crippen LogP contribution >= 0.6 is 0 Å². The van der Waals surface area contributed by atoms with E-state index in [9.17, 15) is 4.79 Å². The molecular formula is C12H16O3. The molecule has 0 bridgehead atoms. The second-order valence-electron chi connectivity index (χ2n) is 3.14. The van der Waals surface area contributed by atoms with Crippen LogP contribution in [-0.4, -0.2) is 26.3 Å². The van der Waals surface area contributed by atoms with E-state index < -0.39 is 0 Å². The van der Waals surface area contributed by atoms with Gasteiger partial charge >= 0.3 is 5.97 Å². The minimum absolute atomic E-state index is 0.274. The molecule has 0 aromatic heterocycles. The van der Waals surface area contributed by atoms with Gasteiger partial charge < -0.3 is 9.47 Å². The van der Waals surface area contributed by atoms with Crippen LogP contribution in [0, 0.1) is 0 Å². The maximum atomic E-state index is 11.6. The summed E-state index contributed by atoms with van der Waals surface area (Å²) in [5.74, 6) is -0.274. The Labute approximate surface area is 90.0 Å². The molecule has 15 heavy (non-hydrogen) atoms. The third kappa shape index (κ3) is 3.36. The molecule has 0 saturated carbocycles. The SMILES string of the molecule is CCc1ccccc1C(=O)OCCOC. The second kappa shape index (κ2) is 6.19. The third-order valence-electron chi connectivity index (χ3n) is 2.14. The number of aryl methyl sites for hydroxylation is 1. The number of carbonyl (C=O) groups excluding carboxylic acids is 1. The Kier molecular flexibility index (Phi) is 4.84. The molecule has 0 aliphatic carbocycles. The van der Waals surface area contributed by atoms with Crippen molar-refractivity contribution in [1.29, 1.82) is 0 Å². The van der Waals surface area contributed by atoms with Gasteiger partial charge in [-0.25, -0.2) is 4.79 Å². The lowest BCUT2D eigenvalue weighted by atomic mass is 10.1. The Morgan fingerprint density at radius 2 is 2.00 bits per heavy atom. The summed E-state index contributed by atoms with van der Waals surface area (Å²) in [6, 6.07) is 7.48. The van der Waals surface area contributed by atoms with Crippen LogP contribution in [-0.2, 0) is 15.9 Å². The van der Waals surface area contributed by atoms with Gasteiger partial charge in [-0.2, -0.15) is 0 Å². The quantitative estimate of drug-likeness (QED) is 0.548. The fraction of sp³-hybridized carbons (Fsp3) is 0.417. The predicted molar refractivity (Wildman–Crippen MR) is 58.0 cm³/mol. The number of esters is 1. The van der Waals surface area contributed by atoms with Crippen molar-refractivity contribution in [3.05, 3.63) is 35.4 Å². The van der Waals surface area contributed by atoms with Crippen molar-refractivity contribution in [3.63, 3.8) is 0 Å². The monoisotopic (exact) mass is 208 g/mol. The van der Waals surface area contributed by atoms with Gasteiger partial charge in [0.2, 0.25) is 0 Å².